The maximum Gasteiger partial charge on any atom is 0.138 e. The minimum atomic E-state index is 0.278. The van der Waals surface area contributed by atoms with Crippen LogP contribution in [0.1, 0.15) is 31.9 Å². The van der Waals surface area contributed by atoms with Gasteiger partial charge >= 0.3 is 0 Å². The number of fused-ring (bicyclic) bond motifs is 1. The number of rotatable bonds is 2. The quantitative estimate of drug-likeness (QED) is 0.890. The van der Waals surface area contributed by atoms with Crippen molar-refractivity contribution in [2.75, 3.05) is 6.54 Å². The van der Waals surface area contributed by atoms with Gasteiger partial charge in [-0.1, -0.05) is 19.1 Å². The van der Waals surface area contributed by atoms with Crippen molar-refractivity contribution < 1.29 is 4.74 Å². The zero-order valence-electron chi connectivity index (χ0n) is 9.09. The average molecular weight is 270 g/mol. The van der Waals surface area contributed by atoms with Crippen LogP contribution in [-0.4, -0.2) is 12.6 Å². The minimum Gasteiger partial charge on any atom is -0.489 e. The molecule has 2 nitrogen and oxygen atoms in total. The van der Waals surface area contributed by atoms with Gasteiger partial charge < -0.3 is 10.1 Å². The van der Waals surface area contributed by atoms with Crippen LogP contribution >= 0.6 is 15.9 Å². The first kappa shape index (κ1) is 11.0. The molecular weight excluding hydrogens is 254 g/mol. The zero-order chi connectivity index (χ0) is 10.8. The fraction of sp³-hybridized carbons (Fsp3) is 0.500. The van der Waals surface area contributed by atoms with E-state index in [1.54, 1.807) is 0 Å². The molecule has 0 spiro atoms. The highest BCUT2D eigenvalue weighted by Gasteiger charge is 2.26. The van der Waals surface area contributed by atoms with Gasteiger partial charge in [-0.3, -0.25) is 0 Å². The summed E-state index contributed by atoms with van der Waals surface area (Å²) in [5.41, 5.74) is 1.27. The fourth-order valence-corrected chi connectivity index (χ4v) is 2.55. The van der Waals surface area contributed by atoms with E-state index in [9.17, 15) is 0 Å². The molecule has 0 saturated carbocycles. The molecule has 0 aliphatic carbocycles. The van der Waals surface area contributed by atoms with Crippen LogP contribution in [0.15, 0.2) is 22.7 Å². The van der Waals surface area contributed by atoms with Crippen LogP contribution in [0.3, 0.4) is 0 Å². The molecule has 0 saturated heterocycles. The molecule has 2 unspecified atom stereocenters. The molecule has 0 amide bonds. The summed E-state index contributed by atoms with van der Waals surface area (Å²) < 4.78 is 6.90. The molecule has 2 atom stereocenters. The predicted octanol–water partition coefficient (Wildman–Crippen LogP) is 3.27. The smallest absolute Gasteiger partial charge is 0.138 e. The number of hydrogen-bond acceptors (Lipinski definition) is 2. The number of halogens is 1. The van der Waals surface area contributed by atoms with Gasteiger partial charge in [0.1, 0.15) is 5.75 Å². The highest BCUT2D eigenvalue weighted by Crippen LogP contribution is 2.39. The van der Waals surface area contributed by atoms with Gasteiger partial charge in [0.05, 0.1) is 10.6 Å². The van der Waals surface area contributed by atoms with Crippen molar-refractivity contribution in [1.29, 1.82) is 0 Å². The van der Waals surface area contributed by atoms with Crippen LogP contribution in [-0.2, 0) is 0 Å². The topological polar surface area (TPSA) is 21.3 Å². The molecule has 0 aromatic heterocycles. The molecular formula is C12H16BrNO. The Morgan fingerprint density at radius 2 is 2.33 bits per heavy atom. The molecule has 15 heavy (non-hydrogen) atoms. The van der Waals surface area contributed by atoms with Crippen molar-refractivity contribution >= 4 is 15.9 Å². The van der Waals surface area contributed by atoms with Crippen LogP contribution in [0.2, 0.25) is 0 Å². The van der Waals surface area contributed by atoms with Crippen molar-refractivity contribution in [2.24, 2.45) is 0 Å². The van der Waals surface area contributed by atoms with Crippen molar-refractivity contribution in [3.8, 4) is 5.75 Å². The normalized spacial score (nSPS) is 24.5. The number of benzene rings is 1. The Bertz CT molecular complexity index is 353. The van der Waals surface area contributed by atoms with Crippen LogP contribution in [0.5, 0.6) is 5.75 Å². The zero-order valence-corrected chi connectivity index (χ0v) is 10.7. The lowest BCUT2D eigenvalue weighted by Gasteiger charge is -2.31. The Balaban J connectivity index is 2.37. The third-order valence-corrected chi connectivity index (χ3v) is 3.33. The summed E-state index contributed by atoms with van der Waals surface area (Å²) in [5, 5.41) is 3.50. The Morgan fingerprint density at radius 3 is 3.07 bits per heavy atom. The van der Waals surface area contributed by atoms with E-state index in [4.69, 9.17) is 4.74 Å². The number of nitrogens with one attached hydrogen (secondary N) is 1. The summed E-state index contributed by atoms with van der Waals surface area (Å²) in [4.78, 5) is 0. The van der Waals surface area contributed by atoms with E-state index < -0.39 is 0 Å². The Labute approximate surface area is 99.1 Å². The molecule has 0 bridgehead atoms. The average Bonchev–Trinajstić information content (AvgIpc) is 2.20. The van der Waals surface area contributed by atoms with Gasteiger partial charge in [-0.25, -0.2) is 0 Å². The summed E-state index contributed by atoms with van der Waals surface area (Å²) in [6.07, 6.45) is 1.32. The van der Waals surface area contributed by atoms with E-state index in [0.717, 1.165) is 23.2 Å². The number of ether oxygens (including phenoxy) is 1. The first-order valence-electron chi connectivity index (χ1n) is 5.40. The highest BCUT2D eigenvalue weighted by molar-refractivity contribution is 9.10. The van der Waals surface area contributed by atoms with Gasteiger partial charge in [-0.2, -0.15) is 0 Å². The van der Waals surface area contributed by atoms with Crippen LogP contribution in [0, 0.1) is 0 Å². The van der Waals surface area contributed by atoms with E-state index in [-0.39, 0.29) is 6.10 Å². The van der Waals surface area contributed by atoms with Gasteiger partial charge in [-0.15, -0.1) is 0 Å². The lowest BCUT2D eigenvalue weighted by atomic mass is 9.97. The molecule has 0 fully saturated rings. The number of para-hydroxylation sites is 1. The second-order valence-electron chi connectivity index (χ2n) is 3.93. The fourth-order valence-electron chi connectivity index (χ4n) is 2.07. The molecule has 3 heteroatoms. The van der Waals surface area contributed by atoms with Crippen LogP contribution in [0.25, 0.3) is 0 Å². The summed E-state index contributed by atoms with van der Waals surface area (Å²) in [7, 11) is 0. The van der Waals surface area contributed by atoms with Crippen molar-refractivity contribution in [3.05, 3.63) is 28.2 Å². The first-order chi connectivity index (χ1) is 7.22. The van der Waals surface area contributed by atoms with Gasteiger partial charge in [-0.05, 0) is 35.5 Å². The molecule has 1 aromatic carbocycles. The van der Waals surface area contributed by atoms with Crippen molar-refractivity contribution in [3.63, 3.8) is 0 Å². The highest BCUT2D eigenvalue weighted by atomic mass is 79.9. The van der Waals surface area contributed by atoms with Crippen LogP contribution in [0.4, 0.5) is 0 Å². The van der Waals surface area contributed by atoms with E-state index in [2.05, 4.69) is 47.2 Å². The minimum absolute atomic E-state index is 0.278. The molecule has 1 aliphatic rings. The SMILES string of the molecule is CCNC1CC(C)Oc2c(Br)cccc21. The Morgan fingerprint density at radius 1 is 1.53 bits per heavy atom. The first-order valence-corrected chi connectivity index (χ1v) is 6.20. The summed E-state index contributed by atoms with van der Waals surface area (Å²) in [6, 6.07) is 6.65. The number of hydrogen-bond donors (Lipinski definition) is 1. The van der Waals surface area contributed by atoms with Gasteiger partial charge in [0.2, 0.25) is 0 Å². The molecule has 2 rings (SSSR count). The molecule has 82 valence electrons. The van der Waals surface area contributed by atoms with E-state index in [1.807, 2.05) is 6.07 Å². The third kappa shape index (κ3) is 2.18. The summed E-state index contributed by atoms with van der Waals surface area (Å²) >= 11 is 3.54. The lowest BCUT2D eigenvalue weighted by Crippen LogP contribution is -2.31. The molecule has 0 radical (unpaired) electrons. The lowest BCUT2D eigenvalue weighted by molar-refractivity contribution is 0.166. The maximum absolute atomic E-state index is 5.85. The standard InChI is InChI=1S/C12H16BrNO/c1-3-14-11-7-8(2)15-12-9(11)5-4-6-10(12)13/h4-6,8,11,14H,3,7H2,1-2H3. The maximum atomic E-state index is 5.85. The third-order valence-electron chi connectivity index (χ3n) is 2.71. The van der Waals surface area contributed by atoms with Crippen LogP contribution < -0.4 is 10.1 Å². The second-order valence-corrected chi connectivity index (χ2v) is 4.79. The van der Waals surface area contributed by atoms with E-state index in [1.165, 1.54) is 5.56 Å². The van der Waals surface area contributed by atoms with Crippen molar-refractivity contribution in [1.82, 2.24) is 5.32 Å². The van der Waals surface area contributed by atoms with E-state index >= 15 is 0 Å². The Kier molecular flexibility index (Phi) is 3.32. The molecule has 1 N–H and O–H groups in total. The monoisotopic (exact) mass is 269 g/mol. The Hall–Kier alpha value is -0.540. The molecule has 1 aliphatic heterocycles. The van der Waals surface area contributed by atoms with Gasteiger partial charge in [0, 0.05) is 18.0 Å². The largest absolute Gasteiger partial charge is 0.489 e. The molecule has 1 heterocycles. The van der Waals surface area contributed by atoms with E-state index in [0.29, 0.717) is 6.04 Å². The van der Waals surface area contributed by atoms with Gasteiger partial charge in [0.25, 0.3) is 0 Å². The summed E-state index contributed by atoms with van der Waals surface area (Å²) in [6.45, 7) is 5.24. The summed E-state index contributed by atoms with van der Waals surface area (Å²) in [5.74, 6) is 1.00. The molecule has 1 aromatic rings. The van der Waals surface area contributed by atoms with Gasteiger partial charge in [0.15, 0.2) is 0 Å². The predicted molar refractivity (Wildman–Crippen MR) is 65.3 cm³/mol. The second kappa shape index (κ2) is 4.54. The van der Waals surface area contributed by atoms with Crippen molar-refractivity contribution in [2.45, 2.75) is 32.4 Å².